The smallest absolute Gasteiger partial charge is 0.410 e. The minimum absolute atomic E-state index is 0.243. The maximum Gasteiger partial charge on any atom is 0.415 e. The summed E-state index contributed by atoms with van der Waals surface area (Å²) >= 11 is 3.40. The van der Waals surface area contributed by atoms with Gasteiger partial charge in [0.15, 0.2) is 0 Å². The molecule has 0 radical (unpaired) electrons. The van der Waals surface area contributed by atoms with Gasteiger partial charge in [0, 0.05) is 17.6 Å². The molecule has 0 aromatic heterocycles. The van der Waals surface area contributed by atoms with E-state index in [1.54, 1.807) is 4.90 Å². The summed E-state index contributed by atoms with van der Waals surface area (Å²) in [5.74, 6) is 1.44. The molecule has 0 bridgehead atoms. The van der Waals surface area contributed by atoms with Crippen LogP contribution in [0.15, 0.2) is 28.7 Å². The molecule has 2 aliphatic rings. The molecule has 0 spiro atoms. The third kappa shape index (κ3) is 6.77. The van der Waals surface area contributed by atoms with Crippen LogP contribution in [0.1, 0.15) is 64.2 Å². The van der Waals surface area contributed by atoms with Crippen LogP contribution in [0.5, 0.6) is 5.75 Å². The zero-order chi connectivity index (χ0) is 19.8. The quantitative estimate of drug-likeness (QED) is 0.470. The van der Waals surface area contributed by atoms with E-state index >= 15 is 0 Å². The predicted molar refractivity (Wildman–Crippen MR) is 118 cm³/mol. The summed E-state index contributed by atoms with van der Waals surface area (Å²) in [7, 11) is 1.88. The highest BCUT2D eigenvalue weighted by molar-refractivity contribution is 9.10. The van der Waals surface area contributed by atoms with Crippen molar-refractivity contribution >= 4 is 22.0 Å². The van der Waals surface area contributed by atoms with Gasteiger partial charge in [-0.1, -0.05) is 35.2 Å². The molecule has 1 heterocycles. The highest BCUT2D eigenvalue weighted by Gasteiger charge is 2.27. The van der Waals surface area contributed by atoms with Gasteiger partial charge in [-0.05, 0) is 94.8 Å². The van der Waals surface area contributed by atoms with Crippen molar-refractivity contribution in [2.45, 2.75) is 70.3 Å². The monoisotopic (exact) mass is 450 g/mol. The molecule has 4 nitrogen and oxygen atoms in total. The number of nitrogens with zero attached hydrogens (tertiary/aromatic N) is 2. The molecule has 5 heteroatoms. The molecule has 1 aliphatic heterocycles. The van der Waals surface area contributed by atoms with Crippen LogP contribution >= 0.6 is 15.9 Å². The van der Waals surface area contributed by atoms with E-state index in [-0.39, 0.29) is 6.09 Å². The molecule has 0 N–H and O–H groups in total. The number of likely N-dealkylation sites (tertiary alicyclic amines) is 1. The van der Waals surface area contributed by atoms with E-state index in [9.17, 15) is 4.79 Å². The van der Waals surface area contributed by atoms with Crippen molar-refractivity contribution in [1.82, 2.24) is 9.80 Å². The molecular weight excluding hydrogens is 416 g/mol. The average Bonchev–Trinajstić information content (AvgIpc) is 2.73. The third-order valence-corrected chi connectivity index (χ3v) is 6.98. The van der Waals surface area contributed by atoms with Crippen LogP contribution in [-0.4, -0.2) is 48.6 Å². The van der Waals surface area contributed by atoms with Gasteiger partial charge in [0.2, 0.25) is 0 Å². The number of benzene rings is 1. The second kappa shape index (κ2) is 11.2. The van der Waals surface area contributed by atoms with E-state index in [0.717, 1.165) is 23.2 Å². The number of hydrogen-bond donors (Lipinski definition) is 0. The first-order valence-electron chi connectivity index (χ1n) is 11.0. The molecule has 1 aromatic rings. The van der Waals surface area contributed by atoms with Crippen LogP contribution < -0.4 is 4.74 Å². The minimum Gasteiger partial charge on any atom is -0.410 e. The number of rotatable bonds is 7. The molecule has 28 heavy (non-hydrogen) atoms. The molecule has 1 aromatic carbocycles. The van der Waals surface area contributed by atoms with Crippen molar-refractivity contribution in [3.8, 4) is 5.75 Å². The molecule has 2 fully saturated rings. The zero-order valence-electron chi connectivity index (χ0n) is 17.2. The Morgan fingerprint density at radius 2 is 1.75 bits per heavy atom. The standard InChI is InChI=1S/C23H35BrN2O2/c1-25(23(27)28-22-14-10-20(24)11-15-22)21-12-8-19(9-13-21)7-3-6-18-26-16-4-2-5-17-26/h10-11,14-15,19,21H,2-9,12-13,16-18H2,1H3. The largest absolute Gasteiger partial charge is 0.415 e. The number of ether oxygens (including phenoxy) is 1. The van der Waals surface area contributed by atoms with Crippen molar-refractivity contribution in [3.63, 3.8) is 0 Å². The van der Waals surface area contributed by atoms with Gasteiger partial charge in [0.25, 0.3) is 0 Å². The van der Waals surface area contributed by atoms with E-state index in [1.807, 2.05) is 31.3 Å². The van der Waals surface area contributed by atoms with Gasteiger partial charge in [0.1, 0.15) is 5.75 Å². The van der Waals surface area contributed by atoms with Crippen LogP contribution in [0, 0.1) is 5.92 Å². The molecule has 3 rings (SSSR count). The number of amides is 1. The van der Waals surface area contributed by atoms with Gasteiger partial charge in [-0.3, -0.25) is 0 Å². The van der Waals surface area contributed by atoms with Gasteiger partial charge in [-0.25, -0.2) is 4.79 Å². The summed E-state index contributed by atoms with van der Waals surface area (Å²) in [6.07, 6.45) is 12.7. The lowest BCUT2D eigenvalue weighted by atomic mass is 9.82. The van der Waals surface area contributed by atoms with E-state index in [0.29, 0.717) is 11.8 Å². The lowest BCUT2D eigenvalue weighted by Crippen LogP contribution is -2.41. The van der Waals surface area contributed by atoms with E-state index in [1.165, 1.54) is 71.0 Å². The Morgan fingerprint density at radius 1 is 1.07 bits per heavy atom. The third-order valence-electron chi connectivity index (χ3n) is 6.46. The van der Waals surface area contributed by atoms with Gasteiger partial charge < -0.3 is 14.5 Å². The maximum absolute atomic E-state index is 12.4. The van der Waals surface area contributed by atoms with Gasteiger partial charge in [0.05, 0.1) is 0 Å². The summed E-state index contributed by atoms with van der Waals surface area (Å²) in [6, 6.07) is 7.72. The van der Waals surface area contributed by atoms with Crippen LogP contribution in [0.2, 0.25) is 0 Å². The predicted octanol–water partition coefficient (Wildman–Crippen LogP) is 6.09. The van der Waals surface area contributed by atoms with Crippen LogP contribution in [0.3, 0.4) is 0 Å². The number of piperidine rings is 1. The first kappa shape index (κ1) is 21.6. The first-order valence-corrected chi connectivity index (χ1v) is 11.8. The number of halogens is 1. The lowest BCUT2D eigenvalue weighted by molar-refractivity contribution is 0.123. The Bertz CT molecular complexity index is 593. The number of carbonyl (C=O) groups is 1. The molecule has 0 unspecified atom stereocenters. The first-order chi connectivity index (χ1) is 13.6. The Labute approximate surface area is 178 Å². The Balaban J connectivity index is 1.31. The molecule has 1 amide bonds. The second-order valence-electron chi connectivity index (χ2n) is 8.51. The average molecular weight is 451 g/mol. The van der Waals surface area contributed by atoms with E-state index < -0.39 is 0 Å². The van der Waals surface area contributed by atoms with Crippen molar-refractivity contribution in [2.75, 3.05) is 26.7 Å². The molecular formula is C23H35BrN2O2. The van der Waals surface area contributed by atoms with E-state index in [4.69, 9.17) is 4.74 Å². The fourth-order valence-corrected chi connectivity index (χ4v) is 4.86. The summed E-state index contributed by atoms with van der Waals surface area (Å²) in [6.45, 7) is 3.92. The molecule has 0 atom stereocenters. The topological polar surface area (TPSA) is 32.8 Å². The minimum atomic E-state index is -0.243. The maximum atomic E-state index is 12.4. The summed E-state index contributed by atoms with van der Waals surface area (Å²) in [5, 5.41) is 0. The Morgan fingerprint density at radius 3 is 2.43 bits per heavy atom. The highest BCUT2D eigenvalue weighted by Crippen LogP contribution is 2.31. The Kier molecular flexibility index (Phi) is 8.66. The number of hydrogen-bond acceptors (Lipinski definition) is 3. The normalized spacial score (nSPS) is 23.4. The summed E-state index contributed by atoms with van der Waals surface area (Å²) < 4.78 is 6.49. The second-order valence-corrected chi connectivity index (χ2v) is 9.42. The Hall–Kier alpha value is -1.07. The van der Waals surface area contributed by atoms with Crippen molar-refractivity contribution in [3.05, 3.63) is 28.7 Å². The number of carbonyl (C=O) groups excluding carboxylic acids is 1. The zero-order valence-corrected chi connectivity index (χ0v) is 18.8. The van der Waals surface area contributed by atoms with Crippen LogP contribution in [0.4, 0.5) is 4.79 Å². The summed E-state index contributed by atoms with van der Waals surface area (Å²) in [5.41, 5.74) is 0. The molecule has 1 saturated heterocycles. The molecule has 1 saturated carbocycles. The van der Waals surface area contributed by atoms with Crippen molar-refractivity contribution in [2.24, 2.45) is 5.92 Å². The van der Waals surface area contributed by atoms with E-state index in [2.05, 4.69) is 20.8 Å². The fourth-order valence-electron chi connectivity index (χ4n) is 4.60. The van der Waals surface area contributed by atoms with Crippen molar-refractivity contribution < 1.29 is 9.53 Å². The van der Waals surface area contributed by atoms with Gasteiger partial charge >= 0.3 is 6.09 Å². The molecule has 1 aliphatic carbocycles. The van der Waals surface area contributed by atoms with Crippen molar-refractivity contribution in [1.29, 1.82) is 0 Å². The number of unbranched alkanes of at least 4 members (excludes halogenated alkanes) is 1. The van der Waals surface area contributed by atoms with Gasteiger partial charge in [-0.15, -0.1) is 0 Å². The van der Waals surface area contributed by atoms with Gasteiger partial charge in [-0.2, -0.15) is 0 Å². The lowest BCUT2D eigenvalue weighted by Gasteiger charge is -2.34. The highest BCUT2D eigenvalue weighted by atomic mass is 79.9. The fraction of sp³-hybridized carbons (Fsp3) is 0.696. The van der Waals surface area contributed by atoms with Crippen LogP contribution in [-0.2, 0) is 0 Å². The van der Waals surface area contributed by atoms with Crippen LogP contribution in [0.25, 0.3) is 0 Å². The SMILES string of the molecule is CN(C(=O)Oc1ccc(Br)cc1)C1CCC(CCCCN2CCCCC2)CC1. The summed E-state index contributed by atoms with van der Waals surface area (Å²) in [4.78, 5) is 16.9. The molecule has 156 valence electrons.